The number of hydrogen-bond acceptors (Lipinski definition) is 7. The minimum atomic E-state index is -4.12. The number of carbonyl (C=O) groups excluding carboxylic acids is 1. The third-order valence-electron chi connectivity index (χ3n) is 6.10. The van der Waals surface area contributed by atoms with E-state index >= 15 is 0 Å². The van der Waals surface area contributed by atoms with E-state index in [0.717, 1.165) is 15.4 Å². The number of sulfonamides is 1. The summed E-state index contributed by atoms with van der Waals surface area (Å²) in [5.41, 5.74) is 5.22. The van der Waals surface area contributed by atoms with Gasteiger partial charge in [-0.2, -0.15) is 5.10 Å². The lowest BCUT2D eigenvalue weighted by Gasteiger charge is -2.24. The fourth-order valence-electron chi connectivity index (χ4n) is 3.93. The smallest absolute Gasteiger partial charge is 0.264 e. The molecule has 41 heavy (non-hydrogen) atoms. The predicted octanol–water partition coefficient (Wildman–Crippen LogP) is 4.94. The van der Waals surface area contributed by atoms with Crippen LogP contribution in [-0.4, -0.2) is 41.3 Å². The summed E-state index contributed by atoms with van der Waals surface area (Å²) in [5, 5.41) is 4.06. The fourth-order valence-corrected chi connectivity index (χ4v) is 5.34. The number of rotatable bonds is 12. The molecule has 0 spiro atoms. The van der Waals surface area contributed by atoms with Crippen LogP contribution in [-0.2, 0) is 21.4 Å². The summed E-state index contributed by atoms with van der Waals surface area (Å²) >= 11 is 0. The Balaban J connectivity index is 1.54. The number of nitrogens with zero attached hydrogens (tertiary/aromatic N) is 2. The average Bonchev–Trinajstić information content (AvgIpc) is 2.99. The van der Waals surface area contributed by atoms with Gasteiger partial charge in [-0.05, 0) is 48.9 Å². The van der Waals surface area contributed by atoms with Crippen molar-refractivity contribution in [3.05, 3.63) is 114 Å². The zero-order chi connectivity index (χ0) is 29.2. The first-order valence-electron chi connectivity index (χ1n) is 12.7. The van der Waals surface area contributed by atoms with E-state index in [4.69, 9.17) is 14.2 Å². The molecule has 1 amide bonds. The number of hydrogen-bond donors (Lipinski definition) is 1. The lowest BCUT2D eigenvalue weighted by atomic mass is 10.2. The maximum atomic E-state index is 13.7. The van der Waals surface area contributed by atoms with E-state index in [1.165, 1.54) is 38.6 Å². The van der Waals surface area contributed by atoms with E-state index in [-0.39, 0.29) is 10.6 Å². The second kappa shape index (κ2) is 13.5. The number of hydrazone groups is 1. The summed E-state index contributed by atoms with van der Waals surface area (Å²) < 4.78 is 44.9. The van der Waals surface area contributed by atoms with Crippen LogP contribution in [0.5, 0.6) is 17.2 Å². The monoisotopic (exact) mass is 573 g/mol. The Morgan fingerprint density at radius 1 is 0.854 bits per heavy atom. The second-order valence-electron chi connectivity index (χ2n) is 8.97. The van der Waals surface area contributed by atoms with Gasteiger partial charge in [-0.1, -0.05) is 60.2 Å². The van der Waals surface area contributed by atoms with Crippen LogP contribution in [0.25, 0.3) is 0 Å². The summed E-state index contributed by atoms with van der Waals surface area (Å²) in [4.78, 5) is 13.0. The number of nitrogens with one attached hydrogen (secondary N) is 1. The molecule has 0 aliphatic carbocycles. The minimum Gasteiger partial charge on any atom is -0.493 e. The molecule has 0 fully saturated rings. The van der Waals surface area contributed by atoms with Gasteiger partial charge in [-0.3, -0.25) is 9.10 Å². The van der Waals surface area contributed by atoms with Crippen LogP contribution in [0.1, 0.15) is 16.7 Å². The Kier molecular flexibility index (Phi) is 9.60. The van der Waals surface area contributed by atoms with Crippen molar-refractivity contribution >= 4 is 27.8 Å². The zero-order valence-electron chi connectivity index (χ0n) is 23.0. The lowest BCUT2D eigenvalue weighted by molar-refractivity contribution is -0.119. The highest BCUT2D eigenvalue weighted by molar-refractivity contribution is 7.92. The van der Waals surface area contributed by atoms with Gasteiger partial charge in [0.15, 0.2) is 11.5 Å². The van der Waals surface area contributed by atoms with Crippen molar-refractivity contribution in [2.45, 2.75) is 18.4 Å². The molecule has 0 aliphatic rings. The topological polar surface area (TPSA) is 107 Å². The standard InChI is InChI=1S/C31H31N3O6S/c1-23-13-16-27(17-14-23)41(36,37)34(26-15-18-29(38-2)30(19-26)39-3)21-31(35)33-32-20-25-11-7-8-12-28(25)40-22-24-9-5-4-6-10-24/h4-20H,21-22H2,1-3H3,(H,33,35)/b32-20-. The average molecular weight is 574 g/mol. The van der Waals surface area contributed by atoms with Crippen molar-refractivity contribution in [1.29, 1.82) is 0 Å². The van der Waals surface area contributed by atoms with Crippen LogP contribution in [0.4, 0.5) is 5.69 Å². The first-order valence-corrected chi connectivity index (χ1v) is 14.1. The summed E-state index contributed by atoms with van der Waals surface area (Å²) in [6.07, 6.45) is 1.45. The highest BCUT2D eigenvalue weighted by Gasteiger charge is 2.28. The third-order valence-corrected chi connectivity index (χ3v) is 7.89. The van der Waals surface area contributed by atoms with Crippen molar-refractivity contribution in [1.82, 2.24) is 5.43 Å². The van der Waals surface area contributed by atoms with E-state index in [1.54, 1.807) is 36.4 Å². The minimum absolute atomic E-state index is 0.0404. The van der Waals surface area contributed by atoms with Gasteiger partial charge in [0.05, 0.1) is 31.0 Å². The van der Waals surface area contributed by atoms with Gasteiger partial charge in [0, 0.05) is 11.6 Å². The van der Waals surface area contributed by atoms with E-state index in [2.05, 4.69) is 10.5 Å². The Labute approximate surface area is 240 Å². The highest BCUT2D eigenvalue weighted by atomic mass is 32.2. The summed E-state index contributed by atoms with van der Waals surface area (Å²) in [6.45, 7) is 1.70. The largest absolute Gasteiger partial charge is 0.493 e. The van der Waals surface area contributed by atoms with Gasteiger partial charge in [0.2, 0.25) is 0 Å². The molecule has 0 saturated heterocycles. The number of carbonyl (C=O) groups is 1. The molecule has 0 radical (unpaired) electrons. The molecule has 4 aromatic rings. The summed E-state index contributed by atoms with van der Waals surface area (Å²) in [6, 6.07) is 28.0. The fraction of sp³-hybridized carbons (Fsp3) is 0.161. The number of anilines is 1. The highest BCUT2D eigenvalue weighted by Crippen LogP contribution is 2.33. The maximum Gasteiger partial charge on any atom is 0.264 e. The number of ether oxygens (including phenoxy) is 3. The molecular formula is C31H31N3O6S. The van der Waals surface area contributed by atoms with Crippen LogP contribution < -0.4 is 23.9 Å². The van der Waals surface area contributed by atoms with Crippen LogP contribution in [0, 0.1) is 6.92 Å². The molecule has 212 valence electrons. The van der Waals surface area contributed by atoms with Crippen molar-refractivity contribution < 1.29 is 27.4 Å². The molecule has 10 heteroatoms. The van der Waals surface area contributed by atoms with Gasteiger partial charge in [0.1, 0.15) is 18.9 Å². The quantitative estimate of drug-likeness (QED) is 0.190. The van der Waals surface area contributed by atoms with E-state index in [1.807, 2.05) is 49.4 Å². The number of para-hydroxylation sites is 1. The number of benzene rings is 4. The van der Waals surface area contributed by atoms with Crippen molar-refractivity contribution in [2.24, 2.45) is 5.10 Å². The Morgan fingerprint density at radius 2 is 1.54 bits per heavy atom. The van der Waals surface area contributed by atoms with E-state index in [9.17, 15) is 13.2 Å². The summed E-state index contributed by atoms with van der Waals surface area (Å²) in [7, 11) is -1.20. The Morgan fingerprint density at radius 3 is 2.24 bits per heavy atom. The molecule has 1 N–H and O–H groups in total. The van der Waals surface area contributed by atoms with Gasteiger partial charge in [-0.15, -0.1) is 0 Å². The molecule has 0 aromatic heterocycles. The first kappa shape index (κ1) is 29.2. The molecule has 4 rings (SSSR count). The van der Waals surface area contributed by atoms with Gasteiger partial charge in [0.25, 0.3) is 15.9 Å². The van der Waals surface area contributed by atoms with Crippen LogP contribution >= 0.6 is 0 Å². The summed E-state index contributed by atoms with van der Waals surface area (Å²) in [5.74, 6) is 0.684. The van der Waals surface area contributed by atoms with Gasteiger partial charge >= 0.3 is 0 Å². The van der Waals surface area contributed by atoms with Crippen molar-refractivity contribution in [3.8, 4) is 17.2 Å². The molecule has 0 heterocycles. The number of methoxy groups -OCH3 is 2. The van der Waals surface area contributed by atoms with Crippen LogP contribution in [0.3, 0.4) is 0 Å². The second-order valence-corrected chi connectivity index (χ2v) is 10.8. The third kappa shape index (κ3) is 7.43. The lowest BCUT2D eigenvalue weighted by Crippen LogP contribution is -2.39. The van der Waals surface area contributed by atoms with Crippen molar-refractivity contribution in [3.63, 3.8) is 0 Å². The molecule has 0 bridgehead atoms. The zero-order valence-corrected chi connectivity index (χ0v) is 23.8. The molecule has 0 atom stereocenters. The predicted molar refractivity (Wildman–Crippen MR) is 158 cm³/mol. The molecule has 0 unspecified atom stereocenters. The molecule has 4 aromatic carbocycles. The Hall–Kier alpha value is -4.83. The molecule has 9 nitrogen and oxygen atoms in total. The van der Waals surface area contributed by atoms with Gasteiger partial charge in [-0.25, -0.2) is 13.8 Å². The maximum absolute atomic E-state index is 13.7. The normalized spacial score (nSPS) is 11.2. The van der Waals surface area contributed by atoms with E-state index < -0.39 is 22.5 Å². The molecule has 0 aliphatic heterocycles. The van der Waals surface area contributed by atoms with Crippen molar-refractivity contribution in [2.75, 3.05) is 25.1 Å². The first-order chi connectivity index (χ1) is 19.8. The number of amides is 1. The molecule has 0 saturated carbocycles. The number of aryl methyl sites for hydroxylation is 1. The van der Waals surface area contributed by atoms with Crippen LogP contribution in [0.2, 0.25) is 0 Å². The molecular weight excluding hydrogens is 542 g/mol. The van der Waals surface area contributed by atoms with E-state index in [0.29, 0.717) is 29.4 Å². The van der Waals surface area contributed by atoms with Crippen LogP contribution in [0.15, 0.2) is 107 Å². The Bertz CT molecular complexity index is 1610. The SMILES string of the molecule is COc1ccc(N(CC(=O)N/N=C\c2ccccc2OCc2ccccc2)S(=O)(=O)c2ccc(C)cc2)cc1OC. The van der Waals surface area contributed by atoms with Gasteiger partial charge < -0.3 is 14.2 Å².